The number of hydrogen-bond donors (Lipinski definition) is 0. The van der Waals surface area contributed by atoms with Crippen LogP contribution in [0, 0.1) is 5.92 Å². The summed E-state index contributed by atoms with van der Waals surface area (Å²) in [6.07, 6.45) is 5.84. The van der Waals surface area contributed by atoms with Gasteiger partial charge in [-0.2, -0.15) is 4.98 Å². The summed E-state index contributed by atoms with van der Waals surface area (Å²) >= 11 is 0. The molecule has 0 N–H and O–H groups in total. The normalized spacial score (nSPS) is 18.3. The minimum absolute atomic E-state index is 0.284. The molecule has 3 heterocycles. The van der Waals surface area contributed by atoms with Crippen LogP contribution in [-0.4, -0.2) is 52.1 Å². The number of aryl methyl sites for hydroxylation is 1. The van der Waals surface area contributed by atoms with Gasteiger partial charge in [0.15, 0.2) is 0 Å². The molecule has 4 rings (SSSR count). The van der Waals surface area contributed by atoms with Crippen LogP contribution in [0.25, 0.3) is 11.4 Å². The van der Waals surface area contributed by atoms with Gasteiger partial charge in [0, 0.05) is 50.3 Å². The molecule has 2 aromatic rings. The minimum Gasteiger partial charge on any atom is -0.353 e. The second-order valence-corrected chi connectivity index (χ2v) is 6.71. The summed E-state index contributed by atoms with van der Waals surface area (Å²) in [5.74, 6) is 2.77. The lowest BCUT2D eigenvalue weighted by molar-refractivity contribution is -0.138. The zero-order chi connectivity index (χ0) is 17.2. The van der Waals surface area contributed by atoms with Crippen molar-refractivity contribution in [3.8, 4) is 11.4 Å². The van der Waals surface area contributed by atoms with Crippen LogP contribution in [0.1, 0.15) is 32.1 Å². The summed E-state index contributed by atoms with van der Waals surface area (Å²) in [4.78, 5) is 25.4. The Labute approximate surface area is 147 Å². The van der Waals surface area contributed by atoms with Crippen LogP contribution in [0.4, 0.5) is 5.82 Å². The van der Waals surface area contributed by atoms with Crippen molar-refractivity contribution in [1.29, 1.82) is 0 Å². The molecule has 0 bridgehead atoms. The van der Waals surface area contributed by atoms with E-state index in [4.69, 9.17) is 4.52 Å². The quantitative estimate of drug-likeness (QED) is 0.848. The van der Waals surface area contributed by atoms with Crippen LogP contribution in [0.3, 0.4) is 0 Å². The third-order valence-corrected chi connectivity index (χ3v) is 5.15. The molecule has 7 nitrogen and oxygen atoms in total. The first-order valence-electron chi connectivity index (χ1n) is 9.07. The predicted molar refractivity (Wildman–Crippen MR) is 93.0 cm³/mol. The van der Waals surface area contributed by atoms with Crippen LogP contribution in [-0.2, 0) is 11.2 Å². The first kappa shape index (κ1) is 16.1. The number of anilines is 1. The maximum Gasteiger partial charge on any atom is 0.226 e. The standard InChI is InChI=1S/C18H23N5O2/c1-2-16-20-17(21-25-16)14-6-7-15(19-12-14)22-8-10-23(11-9-22)18(24)13-4-3-5-13/h6-7,12-13H,2-5,8-11H2,1H3. The van der Waals surface area contributed by atoms with Gasteiger partial charge in [-0.05, 0) is 25.0 Å². The van der Waals surface area contributed by atoms with Crippen molar-refractivity contribution in [2.45, 2.75) is 32.6 Å². The van der Waals surface area contributed by atoms with Gasteiger partial charge < -0.3 is 14.3 Å². The molecule has 25 heavy (non-hydrogen) atoms. The van der Waals surface area contributed by atoms with Crippen molar-refractivity contribution in [3.63, 3.8) is 0 Å². The van der Waals surface area contributed by atoms with E-state index >= 15 is 0 Å². The highest BCUT2D eigenvalue weighted by Crippen LogP contribution is 2.29. The number of piperazine rings is 1. The van der Waals surface area contributed by atoms with E-state index in [1.165, 1.54) is 6.42 Å². The van der Waals surface area contributed by atoms with E-state index in [1.807, 2.05) is 24.0 Å². The third kappa shape index (κ3) is 3.23. The van der Waals surface area contributed by atoms with E-state index in [9.17, 15) is 4.79 Å². The molecular weight excluding hydrogens is 318 g/mol. The van der Waals surface area contributed by atoms with Gasteiger partial charge in [-0.3, -0.25) is 4.79 Å². The van der Waals surface area contributed by atoms with E-state index in [1.54, 1.807) is 6.20 Å². The van der Waals surface area contributed by atoms with E-state index in [2.05, 4.69) is 20.0 Å². The van der Waals surface area contributed by atoms with Crippen LogP contribution in [0.2, 0.25) is 0 Å². The fourth-order valence-corrected chi connectivity index (χ4v) is 3.29. The van der Waals surface area contributed by atoms with Gasteiger partial charge in [0.1, 0.15) is 5.82 Å². The Morgan fingerprint density at radius 3 is 2.60 bits per heavy atom. The number of rotatable bonds is 4. The first-order chi connectivity index (χ1) is 12.2. The number of aromatic nitrogens is 3. The molecule has 2 aromatic heterocycles. The summed E-state index contributed by atoms with van der Waals surface area (Å²) in [6, 6.07) is 3.96. The van der Waals surface area contributed by atoms with E-state index < -0.39 is 0 Å². The lowest BCUT2D eigenvalue weighted by atomic mass is 9.84. The van der Waals surface area contributed by atoms with Crippen molar-refractivity contribution >= 4 is 11.7 Å². The predicted octanol–water partition coefficient (Wildman–Crippen LogP) is 2.14. The lowest BCUT2D eigenvalue weighted by Crippen LogP contribution is -2.51. The smallest absolute Gasteiger partial charge is 0.226 e. The van der Waals surface area contributed by atoms with Crippen molar-refractivity contribution in [3.05, 3.63) is 24.2 Å². The van der Waals surface area contributed by atoms with Gasteiger partial charge in [0.05, 0.1) is 0 Å². The van der Waals surface area contributed by atoms with Crippen molar-refractivity contribution < 1.29 is 9.32 Å². The fourth-order valence-electron chi connectivity index (χ4n) is 3.29. The highest BCUT2D eigenvalue weighted by atomic mass is 16.5. The Hall–Kier alpha value is -2.44. The summed E-state index contributed by atoms with van der Waals surface area (Å²) in [6.45, 7) is 5.20. The molecular formula is C18H23N5O2. The molecule has 0 spiro atoms. The van der Waals surface area contributed by atoms with Crippen molar-refractivity contribution in [1.82, 2.24) is 20.0 Å². The highest BCUT2D eigenvalue weighted by Gasteiger charge is 2.31. The maximum absolute atomic E-state index is 12.3. The number of carbonyl (C=O) groups is 1. The maximum atomic E-state index is 12.3. The minimum atomic E-state index is 0.284. The zero-order valence-corrected chi connectivity index (χ0v) is 14.5. The Kier molecular flexibility index (Phi) is 4.38. The average molecular weight is 341 g/mol. The topological polar surface area (TPSA) is 75.4 Å². The second kappa shape index (κ2) is 6.82. The molecule has 2 fully saturated rings. The molecule has 0 radical (unpaired) electrons. The van der Waals surface area contributed by atoms with E-state index in [0.29, 0.717) is 17.6 Å². The Bertz CT molecular complexity index is 730. The van der Waals surface area contributed by atoms with Gasteiger partial charge in [0.2, 0.25) is 17.6 Å². The molecule has 0 unspecified atom stereocenters. The van der Waals surface area contributed by atoms with Crippen LogP contribution in [0.5, 0.6) is 0 Å². The van der Waals surface area contributed by atoms with E-state index in [-0.39, 0.29) is 5.92 Å². The number of amides is 1. The number of hydrogen-bond acceptors (Lipinski definition) is 6. The molecule has 1 aliphatic heterocycles. The van der Waals surface area contributed by atoms with Gasteiger partial charge >= 0.3 is 0 Å². The number of pyridine rings is 1. The van der Waals surface area contributed by atoms with Crippen molar-refractivity contribution in [2.75, 3.05) is 31.1 Å². The van der Waals surface area contributed by atoms with Gasteiger partial charge in [-0.15, -0.1) is 0 Å². The molecule has 2 aliphatic rings. The summed E-state index contributed by atoms with van der Waals surface area (Å²) in [5.41, 5.74) is 0.853. The molecule has 1 aliphatic carbocycles. The van der Waals surface area contributed by atoms with Gasteiger partial charge in [0.25, 0.3) is 0 Å². The summed E-state index contributed by atoms with van der Waals surface area (Å²) in [7, 11) is 0. The molecule has 0 atom stereocenters. The molecule has 1 saturated heterocycles. The SMILES string of the molecule is CCc1nc(-c2ccc(N3CCN(C(=O)C4CCC4)CC3)nc2)no1. The van der Waals surface area contributed by atoms with Gasteiger partial charge in [-0.1, -0.05) is 18.5 Å². The number of nitrogens with zero attached hydrogens (tertiary/aromatic N) is 5. The average Bonchev–Trinajstić information content (AvgIpc) is 3.10. The van der Waals surface area contributed by atoms with Crippen LogP contribution < -0.4 is 4.90 Å². The fraction of sp³-hybridized carbons (Fsp3) is 0.556. The second-order valence-electron chi connectivity index (χ2n) is 6.71. The Morgan fingerprint density at radius 1 is 1.24 bits per heavy atom. The molecule has 132 valence electrons. The van der Waals surface area contributed by atoms with Crippen molar-refractivity contribution in [2.24, 2.45) is 5.92 Å². The van der Waals surface area contributed by atoms with Crippen LogP contribution >= 0.6 is 0 Å². The third-order valence-electron chi connectivity index (χ3n) is 5.15. The monoisotopic (exact) mass is 341 g/mol. The Balaban J connectivity index is 1.37. The molecule has 1 amide bonds. The highest BCUT2D eigenvalue weighted by molar-refractivity contribution is 5.79. The number of carbonyl (C=O) groups excluding carboxylic acids is 1. The molecule has 0 aromatic carbocycles. The molecule has 1 saturated carbocycles. The van der Waals surface area contributed by atoms with Crippen LogP contribution in [0.15, 0.2) is 22.9 Å². The zero-order valence-electron chi connectivity index (χ0n) is 14.5. The van der Waals surface area contributed by atoms with Gasteiger partial charge in [-0.25, -0.2) is 4.98 Å². The van der Waals surface area contributed by atoms with E-state index in [0.717, 1.165) is 56.8 Å². The summed E-state index contributed by atoms with van der Waals surface area (Å²) < 4.78 is 5.15. The summed E-state index contributed by atoms with van der Waals surface area (Å²) in [5, 5.41) is 3.97. The Morgan fingerprint density at radius 2 is 2.04 bits per heavy atom. The lowest BCUT2D eigenvalue weighted by Gasteiger charge is -2.38. The first-order valence-corrected chi connectivity index (χ1v) is 9.07. The largest absolute Gasteiger partial charge is 0.353 e. The molecule has 7 heteroatoms.